The number of H-pyrrole nitrogens is 1. The van der Waals surface area contributed by atoms with Crippen molar-refractivity contribution in [1.29, 1.82) is 0 Å². The van der Waals surface area contributed by atoms with E-state index in [0.717, 1.165) is 71.6 Å². The van der Waals surface area contributed by atoms with Crippen LogP contribution in [0.5, 0.6) is 0 Å². The fourth-order valence-corrected chi connectivity index (χ4v) is 5.22. The van der Waals surface area contributed by atoms with Crippen molar-refractivity contribution in [3.63, 3.8) is 0 Å². The largest absolute Gasteiger partial charge is 0.390 e. The number of amides is 1. The van der Waals surface area contributed by atoms with Crippen LogP contribution in [0.3, 0.4) is 0 Å². The van der Waals surface area contributed by atoms with Crippen LogP contribution >= 0.6 is 23.2 Å². The summed E-state index contributed by atoms with van der Waals surface area (Å²) in [5, 5.41) is 15.7. The summed E-state index contributed by atoms with van der Waals surface area (Å²) in [6.45, 7) is 12.7. The Balaban J connectivity index is 1.54. The quantitative estimate of drug-likeness (QED) is 0.157. The highest BCUT2D eigenvalue weighted by atomic mass is 35.5. The highest BCUT2D eigenvalue weighted by Crippen LogP contribution is 2.37. The number of fused-ring (bicyclic) bond motifs is 1. The zero-order valence-corrected chi connectivity index (χ0v) is 24.6. The van der Waals surface area contributed by atoms with Crippen LogP contribution < -0.4 is 15.5 Å². The molecule has 0 saturated carbocycles. The van der Waals surface area contributed by atoms with Crippen molar-refractivity contribution < 1.29 is 4.79 Å². The Bertz CT molecular complexity index is 1450. The fourth-order valence-electron chi connectivity index (χ4n) is 4.63. The first-order valence-corrected chi connectivity index (χ1v) is 14.0. The Hall–Kier alpha value is -3.62. The maximum absolute atomic E-state index is 11.3. The molecule has 0 aliphatic heterocycles. The number of hydrogen-bond acceptors (Lipinski definition) is 6. The zero-order valence-electron chi connectivity index (χ0n) is 23.1. The summed E-state index contributed by atoms with van der Waals surface area (Å²) in [7, 11) is 0. The Morgan fingerprint density at radius 2 is 1.85 bits per heavy atom. The molecule has 0 spiro atoms. The van der Waals surface area contributed by atoms with Crippen molar-refractivity contribution in [3.8, 4) is 22.4 Å². The number of carbonyl (C=O) groups is 1. The van der Waals surface area contributed by atoms with Crippen molar-refractivity contribution in [2.75, 3.05) is 31.1 Å². The maximum atomic E-state index is 11.3. The minimum Gasteiger partial charge on any atom is -0.390 e. The van der Waals surface area contributed by atoms with Gasteiger partial charge in [0.2, 0.25) is 5.91 Å². The number of pyridine rings is 2. The first kappa shape index (κ1) is 29.4. The molecule has 0 aliphatic carbocycles. The molecule has 3 N–H and O–H groups in total. The number of benzene rings is 1. The van der Waals surface area contributed by atoms with Gasteiger partial charge in [-0.15, -0.1) is 0 Å². The number of nitrogens with one attached hydrogen (secondary N) is 3. The van der Waals surface area contributed by atoms with Gasteiger partial charge in [0.1, 0.15) is 11.5 Å². The second-order valence-electron chi connectivity index (χ2n) is 10.5. The van der Waals surface area contributed by atoms with Gasteiger partial charge < -0.3 is 15.5 Å². The average molecular weight is 581 g/mol. The molecule has 10 heteroatoms. The molecule has 3 aromatic heterocycles. The minimum atomic E-state index is 0.000340. The maximum Gasteiger partial charge on any atom is 0.216 e. The Kier molecular flexibility index (Phi) is 9.66. The van der Waals surface area contributed by atoms with E-state index in [1.807, 2.05) is 36.5 Å². The molecule has 0 aliphatic rings. The zero-order chi connectivity index (χ0) is 28.7. The van der Waals surface area contributed by atoms with E-state index in [0.29, 0.717) is 16.6 Å². The topological polar surface area (TPSA) is 98.8 Å². The molecule has 4 rings (SSSR count). The predicted molar refractivity (Wildman–Crippen MR) is 165 cm³/mol. The lowest BCUT2D eigenvalue weighted by Crippen LogP contribution is -2.35. The predicted octanol–water partition coefficient (Wildman–Crippen LogP) is 6.48. The number of halogens is 2. The van der Waals surface area contributed by atoms with Crippen LogP contribution in [0.15, 0.2) is 61.7 Å². The highest BCUT2D eigenvalue weighted by molar-refractivity contribution is 6.39. The number of hydrogen-bond donors (Lipinski definition) is 3. The molecule has 3 heterocycles. The first-order chi connectivity index (χ1) is 19.2. The second-order valence-corrected chi connectivity index (χ2v) is 11.4. The summed E-state index contributed by atoms with van der Waals surface area (Å²) >= 11 is 12.8. The number of carbonyl (C=O) groups excluding carboxylic acids is 1. The van der Waals surface area contributed by atoms with Crippen molar-refractivity contribution >= 4 is 45.8 Å². The number of nitrogens with zero attached hydrogens (tertiary/aromatic N) is 4. The molecule has 0 bridgehead atoms. The number of aromatic nitrogens is 4. The number of anilines is 1. The summed E-state index contributed by atoms with van der Waals surface area (Å²) in [5.41, 5.74) is 4.25. The number of rotatable bonds is 13. The molecule has 4 aromatic rings. The van der Waals surface area contributed by atoms with Gasteiger partial charge >= 0.3 is 0 Å². The third kappa shape index (κ3) is 7.31. The van der Waals surface area contributed by atoms with Gasteiger partial charge in [-0.05, 0) is 54.3 Å². The molecule has 8 nitrogen and oxygen atoms in total. The fraction of sp³-hybridized carbons (Fsp3) is 0.333. The van der Waals surface area contributed by atoms with Gasteiger partial charge in [-0.2, -0.15) is 5.10 Å². The van der Waals surface area contributed by atoms with Crippen molar-refractivity contribution in [3.05, 3.63) is 71.7 Å². The molecule has 1 amide bonds. The average Bonchev–Trinajstić information content (AvgIpc) is 3.35. The summed E-state index contributed by atoms with van der Waals surface area (Å²) in [4.78, 5) is 22.5. The van der Waals surface area contributed by atoms with Crippen LogP contribution in [-0.2, 0) is 4.79 Å². The van der Waals surface area contributed by atoms with E-state index in [1.165, 1.54) is 0 Å². The second kappa shape index (κ2) is 13.2. The van der Waals surface area contributed by atoms with E-state index in [2.05, 4.69) is 51.1 Å². The third-order valence-electron chi connectivity index (χ3n) is 6.82. The van der Waals surface area contributed by atoms with Gasteiger partial charge in [-0.3, -0.25) is 14.9 Å². The Labute approximate surface area is 245 Å². The summed E-state index contributed by atoms with van der Waals surface area (Å²) in [5.74, 6) is 0.894. The van der Waals surface area contributed by atoms with E-state index in [1.54, 1.807) is 25.5 Å². The Morgan fingerprint density at radius 1 is 1.10 bits per heavy atom. The minimum absolute atomic E-state index is 0.000340. The molecule has 0 fully saturated rings. The first-order valence-electron chi connectivity index (χ1n) is 13.3. The van der Waals surface area contributed by atoms with Crippen molar-refractivity contribution in [2.24, 2.45) is 5.41 Å². The van der Waals surface area contributed by atoms with Crippen molar-refractivity contribution in [1.82, 2.24) is 30.8 Å². The van der Waals surface area contributed by atoms with Gasteiger partial charge in [-0.25, -0.2) is 4.98 Å². The third-order valence-corrected chi connectivity index (χ3v) is 7.39. The molecule has 0 atom stereocenters. The molecule has 1 aromatic carbocycles. The van der Waals surface area contributed by atoms with Crippen LogP contribution in [0.1, 0.15) is 33.6 Å². The number of aromatic amines is 1. The molecule has 0 saturated heterocycles. The van der Waals surface area contributed by atoms with Gasteiger partial charge in [0.15, 0.2) is 0 Å². The smallest absolute Gasteiger partial charge is 0.216 e. The van der Waals surface area contributed by atoms with Crippen LogP contribution in [0, 0.1) is 5.41 Å². The van der Waals surface area contributed by atoms with Gasteiger partial charge in [0.05, 0.1) is 15.6 Å². The van der Waals surface area contributed by atoms with Gasteiger partial charge in [-0.1, -0.05) is 49.7 Å². The van der Waals surface area contributed by atoms with E-state index in [-0.39, 0.29) is 11.3 Å². The van der Waals surface area contributed by atoms with Gasteiger partial charge in [0, 0.05) is 68.2 Å². The van der Waals surface area contributed by atoms with E-state index in [9.17, 15) is 4.79 Å². The SMILES string of the molecule is C=CNCCN(CCCC(C)(C)CNC(C)=O)c1ccc(-c2n[nH]c3ccc(-c4c(Cl)cncc4Cl)cc23)cn1. The standard InChI is InChI=1S/C30H35Cl2N7O/c1-5-33-12-14-39(13-6-11-30(3,4)19-36-20(2)40)27-10-8-22(16-35-27)29-23-15-21(7-9-26(23)37-38-29)28-24(31)17-34-18-25(28)32/h5,7-10,15-18,33H,1,6,11-14,19H2,2-4H3,(H,36,40)(H,37,38). The molecule has 0 unspecified atom stereocenters. The molecule has 210 valence electrons. The summed E-state index contributed by atoms with van der Waals surface area (Å²) in [6.07, 6.45) is 8.69. The molecule has 0 radical (unpaired) electrons. The monoisotopic (exact) mass is 579 g/mol. The van der Waals surface area contributed by atoms with Crippen molar-refractivity contribution in [2.45, 2.75) is 33.6 Å². The summed E-state index contributed by atoms with van der Waals surface area (Å²) in [6, 6.07) is 10.0. The molecular weight excluding hydrogens is 545 g/mol. The molecular formula is C30H35Cl2N7O. The van der Waals surface area contributed by atoms with Crippen LogP contribution in [0.4, 0.5) is 5.82 Å². The summed E-state index contributed by atoms with van der Waals surface area (Å²) < 4.78 is 0. The lowest BCUT2D eigenvalue weighted by molar-refractivity contribution is -0.119. The van der Waals surface area contributed by atoms with E-state index >= 15 is 0 Å². The van der Waals surface area contributed by atoms with Gasteiger partial charge in [0.25, 0.3) is 0 Å². The normalized spacial score (nSPS) is 11.4. The highest BCUT2D eigenvalue weighted by Gasteiger charge is 2.19. The van der Waals surface area contributed by atoms with Crippen LogP contribution in [0.25, 0.3) is 33.3 Å². The van der Waals surface area contributed by atoms with E-state index < -0.39 is 0 Å². The van der Waals surface area contributed by atoms with Crippen LogP contribution in [-0.4, -0.2) is 52.3 Å². The van der Waals surface area contributed by atoms with Crippen LogP contribution in [0.2, 0.25) is 10.0 Å². The molecule has 40 heavy (non-hydrogen) atoms. The Morgan fingerprint density at radius 3 is 2.52 bits per heavy atom. The lowest BCUT2D eigenvalue weighted by atomic mass is 9.87. The lowest BCUT2D eigenvalue weighted by Gasteiger charge is -2.28. The van der Waals surface area contributed by atoms with E-state index in [4.69, 9.17) is 28.2 Å².